The summed E-state index contributed by atoms with van der Waals surface area (Å²) in [4.78, 5) is 2.41. The number of anilines is 2. The van der Waals surface area contributed by atoms with Crippen LogP contribution in [-0.2, 0) is 0 Å². The van der Waals surface area contributed by atoms with Crippen molar-refractivity contribution in [2.45, 2.75) is 51.5 Å². The van der Waals surface area contributed by atoms with Crippen LogP contribution < -0.4 is 10.6 Å². The SMILES string of the molecule is C[C@@H]1CCCN(c2c(N)cc(C#N)n2C2CCCC2)C1. The van der Waals surface area contributed by atoms with Crippen LogP contribution in [0.15, 0.2) is 6.07 Å². The lowest BCUT2D eigenvalue weighted by atomic mass is 10.0. The van der Waals surface area contributed by atoms with Crippen LogP contribution in [0, 0.1) is 17.2 Å². The summed E-state index contributed by atoms with van der Waals surface area (Å²) in [6, 6.07) is 4.68. The smallest absolute Gasteiger partial charge is 0.133 e. The number of aromatic nitrogens is 1. The lowest BCUT2D eigenvalue weighted by Crippen LogP contribution is -2.36. The fourth-order valence-electron chi connectivity index (χ4n) is 3.87. The third kappa shape index (κ3) is 2.26. The van der Waals surface area contributed by atoms with Crippen molar-refractivity contribution < 1.29 is 0 Å². The van der Waals surface area contributed by atoms with Crippen molar-refractivity contribution in [2.75, 3.05) is 23.7 Å². The fraction of sp³-hybridized carbons (Fsp3) is 0.688. The van der Waals surface area contributed by atoms with E-state index in [0.717, 1.165) is 30.3 Å². The third-order valence-electron chi connectivity index (χ3n) is 4.80. The molecule has 0 amide bonds. The maximum atomic E-state index is 9.42. The monoisotopic (exact) mass is 272 g/mol. The average molecular weight is 272 g/mol. The topological polar surface area (TPSA) is 58.0 Å². The molecule has 2 fully saturated rings. The van der Waals surface area contributed by atoms with Crippen molar-refractivity contribution >= 4 is 11.5 Å². The Morgan fingerprint density at radius 2 is 2.00 bits per heavy atom. The minimum Gasteiger partial charge on any atom is -0.396 e. The standard InChI is InChI=1S/C16H24N4/c1-12-5-4-8-19(11-12)16-15(18)9-14(10-17)20(16)13-6-2-3-7-13/h9,12-13H,2-8,11,18H2,1H3/t12-/m1/s1. The second-order valence-electron chi connectivity index (χ2n) is 6.42. The molecule has 0 unspecified atom stereocenters. The molecule has 4 heteroatoms. The summed E-state index contributed by atoms with van der Waals surface area (Å²) in [5, 5.41) is 9.42. The quantitative estimate of drug-likeness (QED) is 0.898. The number of rotatable bonds is 2. The highest BCUT2D eigenvalue weighted by atomic mass is 15.3. The van der Waals surface area contributed by atoms with Gasteiger partial charge < -0.3 is 15.2 Å². The first-order valence-electron chi connectivity index (χ1n) is 7.86. The molecule has 0 bridgehead atoms. The lowest BCUT2D eigenvalue weighted by molar-refractivity contribution is 0.431. The fourth-order valence-corrected chi connectivity index (χ4v) is 3.87. The largest absolute Gasteiger partial charge is 0.396 e. The van der Waals surface area contributed by atoms with Crippen LogP contribution in [0.4, 0.5) is 11.5 Å². The summed E-state index contributed by atoms with van der Waals surface area (Å²) in [6.07, 6.45) is 7.41. The maximum Gasteiger partial charge on any atom is 0.133 e. The van der Waals surface area contributed by atoms with Gasteiger partial charge in [0.1, 0.15) is 17.6 Å². The molecule has 2 N–H and O–H groups in total. The summed E-state index contributed by atoms with van der Waals surface area (Å²) in [5.41, 5.74) is 7.77. The molecule has 1 aromatic heterocycles. The van der Waals surface area contributed by atoms with Gasteiger partial charge in [0.25, 0.3) is 0 Å². The second kappa shape index (κ2) is 5.40. The summed E-state index contributed by atoms with van der Waals surface area (Å²) >= 11 is 0. The Morgan fingerprint density at radius 3 is 2.65 bits per heavy atom. The van der Waals surface area contributed by atoms with E-state index in [4.69, 9.17) is 5.73 Å². The van der Waals surface area contributed by atoms with E-state index in [1.807, 2.05) is 6.07 Å². The predicted octanol–water partition coefficient (Wildman–Crippen LogP) is 3.29. The lowest BCUT2D eigenvalue weighted by Gasteiger charge is -2.35. The molecule has 2 aliphatic rings. The zero-order valence-corrected chi connectivity index (χ0v) is 12.3. The Kier molecular flexibility index (Phi) is 3.60. The van der Waals surface area contributed by atoms with E-state index in [1.54, 1.807) is 0 Å². The van der Waals surface area contributed by atoms with E-state index in [2.05, 4.69) is 22.5 Å². The van der Waals surface area contributed by atoms with Gasteiger partial charge >= 0.3 is 0 Å². The normalized spacial score (nSPS) is 24.0. The van der Waals surface area contributed by atoms with Crippen molar-refractivity contribution in [3.63, 3.8) is 0 Å². The predicted molar refractivity (Wildman–Crippen MR) is 81.7 cm³/mol. The second-order valence-corrected chi connectivity index (χ2v) is 6.42. The van der Waals surface area contributed by atoms with E-state index in [9.17, 15) is 5.26 Å². The van der Waals surface area contributed by atoms with Gasteiger partial charge in [-0.2, -0.15) is 5.26 Å². The van der Waals surface area contributed by atoms with E-state index in [-0.39, 0.29) is 0 Å². The highest BCUT2D eigenvalue weighted by Crippen LogP contribution is 2.39. The zero-order valence-electron chi connectivity index (χ0n) is 12.3. The molecular formula is C16H24N4. The maximum absolute atomic E-state index is 9.42. The van der Waals surface area contributed by atoms with Gasteiger partial charge in [0.05, 0.1) is 5.69 Å². The van der Waals surface area contributed by atoms with Gasteiger partial charge in [-0.05, 0) is 37.7 Å². The van der Waals surface area contributed by atoms with Crippen molar-refractivity contribution in [3.05, 3.63) is 11.8 Å². The van der Waals surface area contributed by atoms with Gasteiger partial charge in [-0.15, -0.1) is 0 Å². The van der Waals surface area contributed by atoms with Gasteiger partial charge in [0, 0.05) is 19.1 Å². The van der Waals surface area contributed by atoms with Crippen molar-refractivity contribution in [1.82, 2.24) is 4.57 Å². The highest BCUT2D eigenvalue weighted by molar-refractivity contribution is 5.68. The van der Waals surface area contributed by atoms with Crippen LogP contribution in [0.5, 0.6) is 0 Å². The Morgan fingerprint density at radius 1 is 1.25 bits per heavy atom. The molecule has 3 rings (SSSR count). The van der Waals surface area contributed by atoms with E-state index in [0.29, 0.717) is 12.0 Å². The third-order valence-corrected chi connectivity index (χ3v) is 4.80. The highest BCUT2D eigenvalue weighted by Gasteiger charge is 2.28. The number of nitrogens with zero attached hydrogens (tertiary/aromatic N) is 3. The molecule has 2 heterocycles. The number of nitrogens with two attached hydrogens (primary N) is 1. The Labute approximate surface area is 121 Å². The first kappa shape index (κ1) is 13.4. The number of nitriles is 1. The van der Waals surface area contributed by atoms with Crippen molar-refractivity contribution in [2.24, 2.45) is 5.92 Å². The van der Waals surface area contributed by atoms with E-state index >= 15 is 0 Å². The Hall–Kier alpha value is -1.63. The number of nitrogen functional groups attached to an aromatic ring is 1. The van der Waals surface area contributed by atoms with Gasteiger partial charge in [-0.25, -0.2) is 0 Å². The Bertz CT molecular complexity index is 519. The van der Waals surface area contributed by atoms with Crippen molar-refractivity contribution in [1.29, 1.82) is 5.26 Å². The van der Waals surface area contributed by atoms with Crippen LogP contribution >= 0.6 is 0 Å². The minimum absolute atomic E-state index is 0.467. The number of piperidine rings is 1. The average Bonchev–Trinajstić information content (AvgIpc) is 3.05. The molecule has 1 atom stereocenters. The van der Waals surface area contributed by atoms with Gasteiger partial charge in [-0.1, -0.05) is 19.8 Å². The van der Waals surface area contributed by atoms with E-state index in [1.165, 1.54) is 38.5 Å². The zero-order chi connectivity index (χ0) is 14.1. The molecule has 108 valence electrons. The molecule has 1 saturated carbocycles. The minimum atomic E-state index is 0.467. The number of hydrogen-bond acceptors (Lipinski definition) is 3. The Balaban J connectivity index is 2.00. The first-order valence-corrected chi connectivity index (χ1v) is 7.86. The van der Waals surface area contributed by atoms with Crippen LogP contribution in [0.25, 0.3) is 0 Å². The summed E-state index contributed by atoms with van der Waals surface area (Å²) in [5.74, 6) is 1.82. The van der Waals surface area contributed by atoms with Crippen LogP contribution in [0.3, 0.4) is 0 Å². The molecule has 0 spiro atoms. The van der Waals surface area contributed by atoms with Crippen LogP contribution in [-0.4, -0.2) is 17.7 Å². The molecule has 20 heavy (non-hydrogen) atoms. The molecular weight excluding hydrogens is 248 g/mol. The van der Waals surface area contributed by atoms with Crippen LogP contribution in [0.1, 0.15) is 57.2 Å². The van der Waals surface area contributed by atoms with E-state index < -0.39 is 0 Å². The van der Waals surface area contributed by atoms with Gasteiger partial charge in [-0.3, -0.25) is 0 Å². The van der Waals surface area contributed by atoms with Crippen LogP contribution in [0.2, 0.25) is 0 Å². The number of hydrogen-bond donors (Lipinski definition) is 1. The summed E-state index contributed by atoms with van der Waals surface area (Å²) < 4.78 is 2.24. The van der Waals surface area contributed by atoms with Gasteiger partial charge in [0.15, 0.2) is 0 Å². The van der Waals surface area contributed by atoms with Gasteiger partial charge in [0.2, 0.25) is 0 Å². The summed E-state index contributed by atoms with van der Waals surface area (Å²) in [7, 11) is 0. The molecule has 0 radical (unpaired) electrons. The molecule has 0 aromatic carbocycles. The molecule has 1 aliphatic heterocycles. The molecule has 1 aromatic rings. The first-order chi connectivity index (χ1) is 9.70. The van der Waals surface area contributed by atoms with Crippen molar-refractivity contribution in [3.8, 4) is 6.07 Å². The molecule has 4 nitrogen and oxygen atoms in total. The molecule has 1 saturated heterocycles. The molecule has 1 aliphatic carbocycles. The summed E-state index contributed by atoms with van der Waals surface area (Å²) in [6.45, 7) is 4.43.